The Morgan fingerprint density at radius 2 is 0.476 bits per heavy atom. The zero-order valence-corrected chi connectivity index (χ0v) is 12.2. The molecular weight excluding hydrogens is 554 g/mol. The fourth-order valence-electron chi connectivity index (χ4n) is 0. The molecule has 0 saturated heterocycles. The summed E-state index contributed by atoms with van der Waals surface area (Å²) in [7, 11) is 0. The summed E-state index contributed by atoms with van der Waals surface area (Å²) in [5.74, 6) is 0. The molecule has 0 aliphatic carbocycles. The Morgan fingerprint density at radius 1 is 0.476 bits per heavy atom. The molecule has 0 atom stereocenters. The van der Waals surface area contributed by atoms with Crippen molar-refractivity contribution in [2.24, 2.45) is 0 Å². The third-order valence-electron chi connectivity index (χ3n) is 0. The van der Waals surface area contributed by atoms with E-state index in [1.54, 1.807) is 0 Å². The van der Waals surface area contributed by atoms with Gasteiger partial charge in [-0.25, -0.2) is 0 Å². The molecular formula is HN5O15Pu. The minimum Gasteiger partial charge on any atom is -0.356 e. The van der Waals surface area contributed by atoms with Crippen molar-refractivity contribution in [2.45, 2.75) is 0 Å². The molecule has 21 heavy (non-hydrogen) atoms. The molecule has 0 heterocycles. The van der Waals surface area contributed by atoms with Crippen molar-refractivity contribution in [3.8, 4) is 0 Å². The molecule has 0 amide bonds. The van der Waals surface area contributed by atoms with Gasteiger partial charge in [-0.15, -0.1) is 10.1 Å². The molecule has 0 spiro atoms. The van der Waals surface area contributed by atoms with E-state index in [4.69, 9.17) is 76.6 Å². The summed E-state index contributed by atoms with van der Waals surface area (Å²) in [6, 6.07) is 0. The molecule has 21 heteroatoms. The molecule has 0 saturated carbocycles. The molecule has 0 aromatic rings. The predicted molar refractivity (Wildman–Crippen MR) is 50.2 cm³/mol. The maximum Gasteiger partial charge on any atom is 4.00 e. The second-order valence-electron chi connectivity index (χ2n) is 1.13. The third kappa shape index (κ3) is 420. The largest absolute Gasteiger partial charge is 4.00 e. The average Bonchev–Trinajstić information content (AvgIpc) is 1.94. The second kappa shape index (κ2) is 30.2. The van der Waals surface area contributed by atoms with Crippen molar-refractivity contribution < 1.29 is 59.8 Å². The van der Waals surface area contributed by atoms with Crippen LogP contribution in [0, 0.1) is 101 Å². The Kier molecular flexibility index (Phi) is 52.0. The summed E-state index contributed by atoms with van der Waals surface area (Å²) in [6.07, 6.45) is 0. The van der Waals surface area contributed by atoms with Crippen LogP contribution in [0.3, 0.4) is 0 Å². The average molecular weight is 555 g/mol. The first kappa shape index (κ1) is 36.1. The van der Waals surface area contributed by atoms with E-state index in [0.29, 0.717) is 0 Å². The first-order valence-electron chi connectivity index (χ1n) is 2.76. The molecule has 0 bridgehead atoms. The van der Waals surface area contributed by atoms with Gasteiger partial charge in [-0.2, -0.15) is 0 Å². The van der Waals surface area contributed by atoms with Crippen molar-refractivity contribution >= 4 is 0 Å². The predicted octanol–water partition coefficient (Wildman–Crippen LogP) is -1.30. The van der Waals surface area contributed by atoms with Crippen LogP contribution in [0.4, 0.5) is 0 Å². The Bertz CT molecular complexity index is 207. The smallest absolute Gasteiger partial charge is 0.356 e. The first-order valence-corrected chi connectivity index (χ1v) is 2.76. The molecule has 1 N–H and O–H groups in total. The summed E-state index contributed by atoms with van der Waals surface area (Å²) in [4.78, 5) is 41.4. The van der Waals surface area contributed by atoms with Crippen LogP contribution in [0.25, 0.3) is 0 Å². The standard InChI is InChI=1S/HNO3.4NO3.Pu/c5*2-1(3)4;/h(H,2,3,4);;;;;/q;4*-1;+4. The molecule has 0 aromatic heterocycles. The maximum atomic E-state index is 8.36. The zero-order chi connectivity index (χ0) is 17.9. The summed E-state index contributed by atoms with van der Waals surface area (Å²) in [6.45, 7) is 0. The van der Waals surface area contributed by atoms with Crippen LogP contribution in [-0.4, -0.2) is 30.6 Å². The van der Waals surface area contributed by atoms with Gasteiger partial charge in [-0.3, -0.25) is 0 Å². The molecule has 0 fully saturated rings. The Hall–Kier alpha value is -3.01. The summed E-state index contributed by atoms with van der Waals surface area (Å²) in [5, 5.41) is 72.6. The second-order valence-corrected chi connectivity index (χ2v) is 1.13. The van der Waals surface area contributed by atoms with Gasteiger partial charge in [0.05, 0.1) is 20.3 Å². The van der Waals surface area contributed by atoms with Gasteiger partial charge in [-0.1, -0.05) is 0 Å². The van der Waals surface area contributed by atoms with E-state index in [-0.39, 0.29) is 29.2 Å². The van der Waals surface area contributed by atoms with Crippen molar-refractivity contribution in [3.63, 3.8) is 0 Å². The molecule has 20 nitrogen and oxygen atoms in total. The zero-order valence-electron chi connectivity index (χ0n) is 8.81. The van der Waals surface area contributed by atoms with E-state index in [9.17, 15) is 0 Å². The minimum atomic E-state index is -1.75. The van der Waals surface area contributed by atoms with E-state index in [1.165, 1.54) is 0 Å². The van der Waals surface area contributed by atoms with E-state index in [0.717, 1.165) is 0 Å². The number of hydrogen-bond acceptors (Lipinski definition) is 14. The van der Waals surface area contributed by atoms with Crippen molar-refractivity contribution in [1.29, 1.82) is 0 Å². The monoisotopic (exact) mass is 549 g/mol. The van der Waals surface area contributed by atoms with Crippen LogP contribution in [-0.2, 0) is 0 Å². The van der Waals surface area contributed by atoms with E-state index < -0.39 is 25.4 Å². The Labute approximate surface area is 131 Å². The number of rotatable bonds is 0. The van der Waals surface area contributed by atoms with Crippen LogP contribution in [0.2, 0.25) is 0 Å². The van der Waals surface area contributed by atoms with Crippen molar-refractivity contribution in [1.82, 2.24) is 0 Å². The Morgan fingerprint density at radius 3 is 0.476 bits per heavy atom. The van der Waals surface area contributed by atoms with Crippen LogP contribution >= 0.6 is 0 Å². The van der Waals surface area contributed by atoms with Crippen LogP contribution in [0.5, 0.6) is 0 Å². The third-order valence-corrected chi connectivity index (χ3v) is 0. The summed E-state index contributed by atoms with van der Waals surface area (Å²) < 4.78 is 0. The Balaban J connectivity index is -0.0000000331. The SMILES string of the molecule is O=[N+]([O-])O.O=[N+]([O-])[O-].O=[N+]([O-])[O-].O=[N+]([O-])[O-].O=[N+]([O-])[O-].[Pu+4]. The maximum absolute atomic E-state index is 8.36. The van der Waals surface area contributed by atoms with E-state index >= 15 is 0 Å². The van der Waals surface area contributed by atoms with Crippen molar-refractivity contribution in [3.05, 3.63) is 71.4 Å². The van der Waals surface area contributed by atoms with Crippen LogP contribution in [0.1, 0.15) is 0 Å². The molecule has 0 rings (SSSR count). The summed E-state index contributed by atoms with van der Waals surface area (Å²) >= 11 is 0. The number of nitrogens with zero attached hydrogens (tertiary/aromatic N) is 5. The van der Waals surface area contributed by atoms with Gasteiger partial charge in [0.25, 0.3) is 5.09 Å². The van der Waals surface area contributed by atoms with E-state index in [1.807, 2.05) is 0 Å². The van der Waals surface area contributed by atoms with Gasteiger partial charge in [0.15, 0.2) is 0 Å². The molecule has 122 valence electrons. The van der Waals surface area contributed by atoms with Crippen LogP contribution < -0.4 is 0 Å². The molecule has 0 aliphatic rings. The van der Waals surface area contributed by atoms with Crippen molar-refractivity contribution in [2.75, 3.05) is 0 Å². The molecule has 0 aromatic carbocycles. The van der Waals surface area contributed by atoms with Gasteiger partial charge in [-0.05, 0) is 0 Å². The molecule has 0 aliphatic heterocycles. The van der Waals surface area contributed by atoms with E-state index in [2.05, 4.69) is 0 Å². The quantitative estimate of drug-likeness (QED) is 0.268. The summed E-state index contributed by atoms with van der Waals surface area (Å²) in [5.41, 5.74) is 0. The van der Waals surface area contributed by atoms with Gasteiger partial charge < -0.3 is 66.5 Å². The fraction of sp³-hybridized carbons (Fsp3) is 0. The normalized spacial score (nSPS) is 5.71. The van der Waals surface area contributed by atoms with Gasteiger partial charge in [0.2, 0.25) is 0 Å². The topological polar surface area (TPSA) is 328 Å². The molecule has 0 radical (unpaired) electrons. The van der Waals surface area contributed by atoms with Crippen LogP contribution in [0.15, 0.2) is 0 Å². The number of hydrogen-bond donors (Lipinski definition) is 1. The van der Waals surface area contributed by atoms with Gasteiger partial charge >= 0.3 is 29.2 Å². The minimum absolute atomic E-state index is 0. The van der Waals surface area contributed by atoms with Gasteiger partial charge in [0.1, 0.15) is 0 Å². The first-order chi connectivity index (χ1) is 8.66. The van der Waals surface area contributed by atoms with Gasteiger partial charge in [0, 0.05) is 0 Å². The molecule has 0 unspecified atom stereocenters. The fourth-order valence-corrected chi connectivity index (χ4v) is 0.